The number of carbonyl (C=O) groups is 1. The number of rotatable bonds is 14. The van der Waals surface area contributed by atoms with Crippen LogP contribution in [0.5, 0.6) is 0 Å². The lowest BCUT2D eigenvalue weighted by atomic mass is 9.36. The first-order valence-electron chi connectivity index (χ1n) is 25.9. The molecule has 0 radical (unpaired) electrons. The van der Waals surface area contributed by atoms with Crippen molar-refractivity contribution in [2.75, 3.05) is 39.6 Å². The summed E-state index contributed by atoms with van der Waals surface area (Å²) in [6.45, 7) is 11.4. The Balaban J connectivity index is 1.03. The molecule has 23 nitrogen and oxygen atoms in total. The average molecular weight is 1050 g/mol. The zero-order valence-electron chi connectivity index (χ0n) is 42.4. The normalized spacial score (nSPS) is 54.3. The molecule has 9 fully saturated rings. The van der Waals surface area contributed by atoms with Gasteiger partial charge in [-0.05, 0) is 93.0 Å². The molecule has 0 aromatic carbocycles. The zero-order chi connectivity index (χ0) is 53.5. The third-order valence-corrected chi connectivity index (χ3v) is 20.0. The smallest absolute Gasteiger partial charge is 0.314 e. The van der Waals surface area contributed by atoms with Gasteiger partial charge in [0.1, 0.15) is 97.2 Å². The fourth-order valence-corrected chi connectivity index (χ4v) is 14.7. The number of carbonyl (C=O) groups excluding carboxylic acids is 1. The van der Waals surface area contributed by atoms with Crippen molar-refractivity contribution in [2.45, 2.75) is 220 Å². The number of hydrogen-bond donors (Lipinski definition) is 14. The summed E-state index contributed by atoms with van der Waals surface area (Å²) < 4.78 is 49.2. The monoisotopic (exact) mass is 1050 g/mol. The van der Waals surface area contributed by atoms with Gasteiger partial charge >= 0.3 is 5.97 Å². The molecule has 4 aliphatic carbocycles. The maximum Gasteiger partial charge on any atom is 0.314 e. The van der Waals surface area contributed by atoms with E-state index in [1.807, 2.05) is 13.8 Å². The Bertz CT molecular complexity index is 1950. The lowest BCUT2D eigenvalue weighted by Crippen LogP contribution is -2.69. The molecule has 14 unspecified atom stereocenters. The van der Waals surface area contributed by atoms with Crippen LogP contribution < -0.4 is 0 Å². The highest BCUT2D eigenvalue weighted by atomic mass is 16.7. The summed E-state index contributed by atoms with van der Waals surface area (Å²) in [5.41, 5.74) is -4.43. The number of hydrogen-bond acceptors (Lipinski definition) is 23. The minimum Gasteiger partial charge on any atom is -0.432 e. The number of aliphatic hydroxyl groups excluding tert-OH is 14. The second-order valence-electron chi connectivity index (χ2n) is 23.7. The van der Waals surface area contributed by atoms with E-state index in [1.165, 1.54) is 0 Å². The largest absolute Gasteiger partial charge is 0.432 e. The molecule has 5 aliphatic heterocycles. The summed E-state index contributed by atoms with van der Waals surface area (Å²) in [7, 11) is 0. The van der Waals surface area contributed by atoms with E-state index >= 15 is 0 Å². The third-order valence-electron chi connectivity index (χ3n) is 20.0. The summed E-state index contributed by atoms with van der Waals surface area (Å²) in [5.74, 6) is -1.49. The van der Waals surface area contributed by atoms with Crippen LogP contribution >= 0.6 is 0 Å². The van der Waals surface area contributed by atoms with E-state index in [-0.39, 0.29) is 24.4 Å². The number of fused-ring (bicyclic) bond motifs is 6. The van der Waals surface area contributed by atoms with E-state index in [0.29, 0.717) is 44.9 Å². The summed E-state index contributed by atoms with van der Waals surface area (Å²) in [4.78, 5) is 14.5. The minimum absolute atomic E-state index is 0.0128. The molecule has 9 rings (SSSR count). The van der Waals surface area contributed by atoms with E-state index in [9.17, 15) is 76.3 Å². The summed E-state index contributed by atoms with van der Waals surface area (Å²) >= 11 is 0. The Labute approximate surface area is 424 Å². The Morgan fingerprint density at radius 2 is 1.15 bits per heavy atom. The van der Waals surface area contributed by atoms with Crippen LogP contribution in [0.2, 0.25) is 0 Å². The van der Waals surface area contributed by atoms with Crippen molar-refractivity contribution in [3.05, 3.63) is 12.2 Å². The number of ether oxygens (including phenoxy) is 8. The van der Waals surface area contributed by atoms with Gasteiger partial charge in [0.05, 0.1) is 62.9 Å². The summed E-state index contributed by atoms with van der Waals surface area (Å²) in [6.07, 6.45) is -24.1. The Morgan fingerprint density at radius 3 is 1.74 bits per heavy atom. The molecule has 420 valence electrons. The fraction of sp³-hybridized carbons (Fsp3) is 0.940. The van der Waals surface area contributed by atoms with Crippen LogP contribution in [0, 0.1) is 33.5 Å². The molecule has 0 aromatic heterocycles. The molecule has 5 saturated heterocycles. The van der Waals surface area contributed by atoms with Gasteiger partial charge in [0.25, 0.3) is 0 Å². The van der Waals surface area contributed by atoms with Crippen LogP contribution in [-0.4, -0.2) is 245 Å². The second-order valence-corrected chi connectivity index (χ2v) is 23.7. The standard InChI is InChI=1S/C50H82O23/c1-22-14-45(2)12-13-49(6)46(3,9-7-10-47(49,4)44(65)73-43-39(63)37(61)33(57)26(18-53)71-43)29(45)8-11-48(22,5)66-21-28-40(72-42-38(62)36(60)32(56)25(17-52)70-42)23-15-50(41(23)64,30(19-54)69-28)67-20-27-34(58)35(59)31(55)24(16-51)68-27/h23-43,51-64H,1,7-21H2,2-6H3/t23?,24?,25?,26?,27-,28-,29+,30?,31-,32+,33+,34?,35?,36?,37?,38?,39?,40?,41-,42-,43-,45+,46-,47-,48+,49?,50?/m0/s1. The molecular weight excluding hydrogens is 969 g/mol. The van der Waals surface area contributed by atoms with Crippen molar-refractivity contribution >= 4 is 5.97 Å². The van der Waals surface area contributed by atoms with Crippen LogP contribution in [0.15, 0.2) is 12.2 Å². The lowest BCUT2D eigenvalue weighted by Gasteiger charge is -2.68. The molecule has 5 heterocycles. The Morgan fingerprint density at radius 1 is 0.603 bits per heavy atom. The molecule has 0 spiro atoms. The van der Waals surface area contributed by atoms with Crippen molar-refractivity contribution < 1.29 is 114 Å². The van der Waals surface area contributed by atoms with E-state index < -0.39 is 189 Å². The van der Waals surface area contributed by atoms with Gasteiger partial charge in [-0.1, -0.05) is 33.8 Å². The molecule has 73 heavy (non-hydrogen) atoms. The fourth-order valence-electron chi connectivity index (χ4n) is 14.7. The van der Waals surface area contributed by atoms with E-state index in [1.54, 1.807) is 0 Å². The van der Waals surface area contributed by atoms with Gasteiger partial charge in [-0.25, -0.2) is 0 Å². The molecule has 14 N–H and O–H groups in total. The number of aliphatic hydroxyl groups is 14. The van der Waals surface area contributed by atoms with Crippen molar-refractivity contribution in [3.63, 3.8) is 0 Å². The van der Waals surface area contributed by atoms with Crippen LogP contribution in [0.3, 0.4) is 0 Å². The van der Waals surface area contributed by atoms with Crippen LogP contribution in [0.4, 0.5) is 0 Å². The van der Waals surface area contributed by atoms with Crippen LogP contribution in [-0.2, 0) is 42.7 Å². The highest BCUT2D eigenvalue weighted by Crippen LogP contribution is 2.73. The van der Waals surface area contributed by atoms with E-state index in [2.05, 4.69) is 27.4 Å². The Kier molecular flexibility index (Phi) is 16.7. The highest BCUT2D eigenvalue weighted by Gasteiger charge is 2.70. The van der Waals surface area contributed by atoms with Crippen molar-refractivity contribution in [2.24, 2.45) is 33.5 Å². The average Bonchev–Trinajstić information content (AvgIpc) is 3.61. The topological polar surface area (TPSA) is 374 Å². The first-order chi connectivity index (χ1) is 34.2. The lowest BCUT2D eigenvalue weighted by molar-refractivity contribution is -0.331. The maximum absolute atomic E-state index is 14.5. The quantitative estimate of drug-likeness (QED) is 0.0590. The summed E-state index contributed by atoms with van der Waals surface area (Å²) in [5, 5.41) is 148. The van der Waals surface area contributed by atoms with Gasteiger partial charge in [-0.3, -0.25) is 4.79 Å². The third kappa shape index (κ3) is 9.37. The van der Waals surface area contributed by atoms with Crippen LogP contribution in [0.1, 0.15) is 92.4 Å². The van der Waals surface area contributed by atoms with Gasteiger partial charge in [0.2, 0.25) is 6.29 Å². The molecule has 27 atom stereocenters. The first kappa shape index (κ1) is 57.5. The van der Waals surface area contributed by atoms with Crippen molar-refractivity contribution in [1.29, 1.82) is 0 Å². The molecule has 4 saturated carbocycles. The molecule has 2 bridgehead atoms. The zero-order valence-corrected chi connectivity index (χ0v) is 42.4. The highest BCUT2D eigenvalue weighted by molar-refractivity contribution is 5.78. The first-order valence-corrected chi connectivity index (χ1v) is 25.9. The minimum atomic E-state index is -1.83. The molecule has 23 heteroatoms. The van der Waals surface area contributed by atoms with E-state index in [4.69, 9.17) is 37.9 Å². The molecule has 9 aliphatic rings. The SMILES string of the molecule is C=C1C[C@@]2(C)CCC3(C)[C@](C)(C(=O)O[C@@H]4OC(CO)[C@@H](O)C(O)C4O)CCC[C@@]3(C)[C@@H]2CC[C@@]1(C)OC[C@@H]1OC(CO)C2(OC[C@@H]3OC(CO)[C@H](O)C(O)C3O)CC(C1O[C@@H]1OC(CO)[C@@H](O)C(O)C1O)[C@@H]2O. The van der Waals surface area contributed by atoms with Gasteiger partial charge in [0.15, 0.2) is 6.29 Å². The van der Waals surface area contributed by atoms with Gasteiger partial charge in [0, 0.05) is 5.92 Å². The molecule has 0 amide bonds. The second kappa shape index (κ2) is 21.2. The Hall–Kier alpha value is -1.63. The van der Waals surface area contributed by atoms with Gasteiger partial charge in [-0.2, -0.15) is 0 Å². The predicted octanol–water partition coefficient (Wildman–Crippen LogP) is -3.61. The molecular formula is C50H82O23. The predicted molar refractivity (Wildman–Crippen MR) is 247 cm³/mol. The van der Waals surface area contributed by atoms with Gasteiger partial charge < -0.3 is 109 Å². The summed E-state index contributed by atoms with van der Waals surface area (Å²) in [6, 6.07) is 0. The maximum atomic E-state index is 14.5. The van der Waals surface area contributed by atoms with Crippen LogP contribution in [0.25, 0.3) is 0 Å². The van der Waals surface area contributed by atoms with Gasteiger partial charge in [-0.15, -0.1) is 0 Å². The van der Waals surface area contributed by atoms with Crippen molar-refractivity contribution in [3.8, 4) is 0 Å². The van der Waals surface area contributed by atoms with Crippen molar-refractivity contribution in [1.82, 2.24) is 0 Å². The molecule has 0 aromatic rings. The van der Waals surface area contributed by atoms with E-state index in [0.717, 1.165) is 12.0 Å². The number of esters is 1.